The molecule has 2 aromatic carbocycles. The molecule has 3 aromatic rings. The van der Waals surface area contributed by atoms with Gasteiger partial charge in [-0.05, 0) is 47.9 Å². The van der Waals surface area contributed by atoms with Gasteiger partial charge in [-0.15, -0.1) is 0 Å². The van der Waals surface area contributed by atoms with Crippen LogP contribution >= 0.6 is 0 Å². The summed E-state index contributed by atoms with van der Waals surface area (Å²) in [5.74, 6) is 5.68. The number of fused-ring (bicyclic) bond motifs is 1. The zero-order chi connectivity index (χ0) is 23.3. The van der Waals surface area contributed by atoms with Gasteiger partial charge in [0.05, 0.1) is 4.90 Å². The fourth-order valence-electron chi connectivity index (χ4n) is 4.18. The van der Waals surface area contributed by atoms with Gasteiger partial charge in [0.15, 0.2) is 0 Å². The van der Waals surface area contributed by atoms with Crippen molar-refractivity contribution in [3.63, 3.8) is 0 Å². The van der Waals surface area contributed by atoms with Crippen LogP contribution in [0.25, 0.3) is 10.8 Å². The lowest BCUT2D eigenvalue weighted by atomic mass is 10.1. The zero-order valence-electron chi connectivity index (χ0n) is 18.6. The summed E-state index contributed by atoms with van der Waals surface area (Å²) in [4.78, 5) is 19.2. The Morgan fingerprint density at radius 1 is 1.12 bits per heavy atom. The largest absolute Gasteiger partial charge is 0.341 e. The number of likely N-dealkylation sites (N-methyl/N-ethyl adjacent to an activating group) is 1. The summed E-state index contributed by atoms with van der Waals surface area (Å²) in [6.45, 7) is 0. The van der Waals surface area contributed by atoms with Crippen molar-refractivity contribution in [1.82, 2.24) is 14.6 Å². The molecule has 1 aliphatic carbocycles. The minimum Gasteiger partial charge on any atom is -0.341 e. The molecule has 6 nitrogen and oxygen atoms in total. The molecular formula is C26H27N3O3S. The number of nitrogens with one attached hydrogen (secondary N) is 1. The van der Waals surface area contributed by atoms with Gasteiger partial charge in [0.1, 0.15) is 6.04 Å². The first-order chi connectivity index (χ1) is 15.9. The summed E-state index contributed by atoms with van der Waals surface area (Å²) < 4.78 is 29.1. The Kier molecular flexibility index (Phi) is 7.07. The van der Waals surface area contributed by atoms with E-state index < -0.39 is 16.1 Å². The third-order valence-electron chi connectivity index (χ3n) is 6.05. The van der Waals surface area contributed by atoms with Crippen molar-refractivity contribution in [3.05, 3.63) is 72.6 Å². The number of aromatic nitrogens is 1. The molecule has 0 saturated heterocycles. The smallest absolute Gasteiger partial charge is 0.241 e. The number of hydrogen-bond donors (Lipinski definition) is 1. The first-order valence-electron chi connectivity index (χ1n) is 11.1. The van der Waals surface area contributed by atoms with E-state index in [9.17, 15) is 13.2 Å². The Balaban J connectivity index is 1.59. The summed E-state index contributed by atoms with van der Waals surface area (Å²) in [6.07, 6.45) is 7.39. The van der Waals surface area contributed by atoms with Gasteiger partial charge < -0.3 is 4.90 Å². The van der Waals surface area contributed by atoms with Crippen LogP contribution in [0.3, 0.4) is 0 Å². The number of carbonyl (C=O) groups excluding carboxylic acids is 1. The number of nitrogens with zero attached hydrogens (tertiary/aromatic N) is 2. The second-order valence-electron chi connectivity index (χ2n) is 8.32. The number of amides is 1. The van der Waals surface area contributed by atoms with Gasteiger partial charge >= 0.3 is 0 Å². The average molecular weight is 462 g/mol. The maximum Gasteiger partial charge on any atom is 0.241 e. The predicted octanol–water partition coefficient (Wildman–Crippen LogP) is 3.72. The Labute approximate surface area is 195 Å². The van der Waals surface area contributed by atoms with E-state index >= 15 is 0 Å². The van der Waals surface area contributed by atoms with E-state index in [1.54, 1.807) is 48.6 Å². The van der Waals surface area contributed by atoms with Crippen molar-refractivity contribution in [1.29, 1.82) is 0 Å². The van der Waals surface area contributed by atoms with Crippen LogP contribution < -0.4 is 4.72 Å². The predicted molar refractivity (Wildman–Crippen MR) is 129 cm³/mol. The number of hydrogen-bond acceptors (Lipinski definition) is 4. The number of rotatable bonds is 6. The fraction of sp³-hybridized carbons (Fsp3) is 0.308. The molecule has 1 aromatic heterocycles. The van der Waals surface area contributed by atoms with Crippen LogP contribution in [0.1, 0.15) is 37.7 Å². The van der Waals surface area contributed by atoms with Crippen LogP contribution in [0, 0.1) is 11.8 Å². The molecule has 7 heteroatoms. The van der Waals surface area contributed by atoms with Crippen molar-refractivity contribution in [2.75, 3.05) is 7.05 Å². The van der Waals surface area contributed by atoms with Crippen LogP contribution in [-0.4, -0.2) is 43.3 Å². The quantitative estimate of drug-likeness (QED) is 0.568. The van der Waals surface area contributed by atoms with Gasteiger partial charge in [-0.25, -0.2) is 8.42 Å². The molecule has 1 atom stereocenters. The molecule has 1 aliphatic rings. The standard InChI is InChI=1S/C26H27N3O3S/c1-29(23-12-4-5-13-23)26(30)25(14-6-8-20-9-7-17-27-19-20)28-33(31,32)24-16-15-21-10-2-3-11-22(21)18-24/h2-3,7,9-11,15-19,23,25,28H,4-5,12-14H2,1H3/t25-/m0/s1. The van der Waals surface area contributed by atoms with Gasteiger partial charge in [-0.2, -0.15) is 4.72 Å². The lowest BCUT2D eigenvalue weighted by molar-refractivity contribution is -0.133. The second-order valence-corrected chi connectivity index (χ2v) is 10.0. The number of carbonyl (C=O) groups is 1. The topological polar surface area (TPSA) is 79.4 Å². The summed E-state index contributed by atoms with van der Waals surface area (Å²) in [7, 11) is -2.17. The fourth-order valence-corrected chi connectivity index (χ4v) is 5.40. The molecule has 4 rings (SSSR count). The molecule has 0 spiro atoms. The summed E-state index contributed by atoms with van der Waals surface area (Å²) in [6, 6.07) is 15.3. The van der Waals surface area contributed by atoms with Gasteiger partial charge in [0.2, 0.25) is 15.9 Å². The van der Waals surface area contributed by atoms with Crippen molar-refractivity contribution in [3.8, 4) is 11.8 Å². The lowest BCUT2D eigenvalue weighted by Crippen LogP contribution is -2.49. The molecule has 0 radical (unpaired) electrons. The van der Waals surface area contributed by atoms with E-state index in [0.717, 1.165) is 36.5 Å². The van der Waals surface area contributed by atoms with E-state index in [2.05, 4.69) is 21.5 Å². The highest BCUT2D eigenvalue weighted by Gasteiger charge is 2.31. The molecule has 1 saturated carbocycles. The molecule has 0 aliphatic heterocycles. The van der Waals surface area contributed by atoms with Crippen LogP contribution in [0.4, 0.5) is 0 Å². The lowest BCUT2D eigenvalue weighted by Gasteiger charge is -2.28. The first-order valence-corrected chi connectivity index (χ1v) is 12.6. The van der Waals surface area contributed by atoms with Crippen LogP contribution in [0.5, 0.6) is 0 Å². The number of pyridine rings is 1. The molecule has 0 bridgehead atoms. The van der Waals surface area contributed by atoms with Crippen LogP contribution in [0.2, 0.25) is 0 Å². The molecule has 1 amide bonds. The zero-order valence-corrected chi connectivity index (χ0v) is 19.4. The average Bonchev–Trinajstić information content (AvgIpc) is 3.38. The number of sulfonamides is 1. The summed E-state index contributed by atoms with van der Waals surface area (Å²) in [5.41, 5.74) is 0.713. The molecule has 1 N–H and O–H groups in total. The highest BCUT2D eigenvalue weighted by Crippen LogP contribution is 2.24. The minimum atomic E-state index is -3.93. The van der Waals surface area contributed by atoms with E-state index in [1.165, 1.54) is 0 Å². The summed E-state index contributed by atoms with van der Waals surface area (Å²) in [5, 5.41) is 1.77. The second kappa shape index (κ2) is 10.2. The third-order valence-corrected chi connectivity index (χ3v) is 7.52. The van der Waals surface area contributed by atoms with E-state index in [1.807, 2.05) is 30.3 Å². The first kappa shape index (κ1) is 23.0. The highest BCUT2D eigenvalue weighted by molar-refractivity contribution is 7.89. The Bertz CT molecular complexity index is 1290. The normalized spacial score (nSPS) is 15.1. The van der Waals surface area contributed by atoms with Crippen LogP contribution in [-0.2, 0) is 14.8 Å². The van der Waals surface area contributed by atoms with Crippen molar-refractivity contribution >= 4 is 26.7 Å². The van der Waals surface area contributed by atoms with E-state index in [4.69, 9.17) is 0 Å². The maximum atomic E-state index is 13.3. The molecule has 1 fully saturated rings. The molecular weight excluding hydrogens is 434 g/mol. The van der Waals surface area contributed by atoms with Crippen molar-refractivity contribution < 1.29 is 13.2 Å². The highest BCUT2D eigenvalue weighted by atomic mass is 32.2. The summed E-state index contributed by atoms with van der Waals surface area (Å²) >= 11 is 0. The van der Waals surface area contributed by atoms with Crippen molar-refractivity contribution in [2.24, 2.45) is 0 Å². The minimum absolute atomic E-state index is 0.0671. The third kappa shape index (κ3) is 5.59. The van der Waals surface area contributed by atoms with E-state index in [0.29, 0.717) is 5.56 Å². The van der Waals surface area contributed by atoms with Gasteiger partial charge in [0.25, 0.3) is 0 Å². The Hall–Kier alpha value is -3.21. The van der Waals surface area contributed by atoms with Crippen molar-refractivity contribution in [2.45, 2.75) is 49.1 Å². The monoisotopic (exact) mass is 461 g/mol. The van der Waals surface area contributed by atoms with E-state index in [-0.39, 0.29) is 23.3 Å². The van der Waals surface area contributed by atoms with Gasteiger partial charge in [-0.3, -0.25) is 9.78 Å². The SMILES string of the molecule is CN(C(=O)[C@H](CC#Cc1cccnc1)NS(=O)(=O)c1ccc2ccccc2c1)C1CCCC1. The molecule has 33 heavy (non-hydrogen) atoms. The van der Waals surface area contributed by atoms with Crippen LogP contribution in [0.15, 0.2) is 71.9 Å². The Morgan fingerprint density at radius 2 is 1.88 bits per heavy atom. The van der Waals surface area contributed by atoms with Gasteiger partial charge in [0, 0.05) is 37.5 Å². The number of benzene rings is 2. The molecule has 0 unspecified atom stereocenters. The maximum absolute atomic E-state index is 13.3. The Morgan fingerprint density at radius 3 is 2.61 bits per heavy atom. The molecule has 170 valence electrons. The van der Waals surface area contributed by atoms with Gasteiger partial charge in [-0.1, -0.05) is 55.0 Å². The molecule has 1 heterocycles.